The Morgan fingerprint density at radius 1 is 1.03 bits per heavy atom. The van der Waals surface area contributed by atoms with Crippen molar-refractivity contribution >= 4 is 11.8 Å². The lowest BCUT2D eigenvalue weighted by Gasteiger charge is -2.35. The van der Waals surface area contributed by atoms with Crippen molar-refractivity contribution < 1.29 is 18.8 Å². The van der Waals surface area contributed by atoms with Crippen molar-refractivity contribution in [2.24, 2.45) is 0 Å². The van der Waals surface area contributed by atoms with Gasteiger partial charge in [0, 0.05) is 37.9 Å². The van der Waals surface area contributed by atoms with Gasteiger partial charge in [-0.25, -0.2) is 0 Å². The summed E-state index contributed by atoms with van der Waals surface area (Å²) < 4.78 is 11.0. The average molecular weight is 420 g/mol. The molecule has 160 valence electrons. The van der Waals surface area contributed by atoms with Crippen molar-refractivity contribution in [3.05, 3.63) is 71.4 Å². The molecule has 2 amide bonds. The molecule has 4 rings (SSSR count). The molecule has 1 aliphatic heterocycles. The maximum absolute atomic E-state index is 13.1. The van der Waals surface area contributed by atoms with E-state index in [9.17, 15) is 9.59 Å². The summed E-state index contributed by atoms with van der Waals surface area (Å²) >= 11 is 0. The van der Waals surface area contributed by atoms with Crippen molar-refractivity contribution in [1.29, 1.82) is 0 Å². The van der Waals surface area contributed by atoms with Gasteiger partial charge in [-0.3, -0.25) is 14.6 Å². The van der Waals surface area contributed by atoms with Gasteiger partial charge >= 0.3 is 0 Å². The number of pyridine rings is 1. The topological polar surface area (TPSA) is 88.8 Å². The first-order valence-electron chi connectivity index (χ1n) is 10.2. The highest BCUT2D eigenvalue weighted by Crippen LogP contribution is 2.26. The van der Waals surface area contributed by atoms with Crippen LogP contribution < -0.4 is 4.74 Å². The number of nitrogens with zero attached hydrogens (tertiary/aromatic N) is 4. The fourth-order valence-corrected chi connectivity index (χ4v) is 3.61. The van der Waals surface area contributed by atoms with Crippen LogP contribution in [0.3, 0.4) is 0 Å². The smallest absolute Gasteiger partial charge is 0.257 e. The van der Waals surface area contributed by atoms with E-state index in [1.165, 1.54) is 0 Å². The number of carbonyl (C=O) groups is 2. The summed E-state index contributed by atoms with van der Waals surface area (Å²) in [6, 6.07) is 10.7. The largest absolute Gasteiger partial charge is 0.455 e. The first kappa shape index (κ1) is 20.6. The molecule has 1 fully saturated rings. The third-order valence-corrected chi connectivity index (χ3v) is 5.41. The van der Waals surface area contributed by atoms with E-state index in [-0.39, 0.29) is 18.2 Å². The summed E-state index contributed by atoms with van der Waals surface area (Å²) in [5.74, 6) is 1.62. The molecule has 0 atom stereocenters. The van der Waals surface area contributed by atoms with E-state index in [1.807, 2.05) is 26.0 Å². The van der Waals surface area contributed by atoms with Crippen LogP contribution in [-0.2, 0) is 11.2 Å². The monoisotopic (exact) mass is 420 g/mol. The number of amides is 2. The minimum absolute atomic E-state index is 0.0156. The fourth-order valence-electron chi connectivity index (χ4n) is 3.61. The van der Waals surface area contributed by atoms with Crippen molar-refractivity contribution in [2.45, 2.75) is 20.3 Å². The van der Waals surface area contributed by atoms with Gasteiger partial charge in [0.05, 0.1) is 23.9 Å². The van der Waals surface area contributed by atoms with Gasteiger partial charge in [0.2, 0.25) is 5.91 Å². The number of ether oxygens (including phenoxy) is 1. The molecule has 3 heterocycles. The van der Waals surface area contributed by atoms with Gasteiger partial charge in [-0.05, 0) is 38.1 Å². The van der Waals surface area contributed by atoms with Gasteiger partial charge in [-0.1, -0.05) is 17.3 Å². The Kier molecular flexibility index (Phi) is 5.97. The molecule has 31 heavy (non-hydrogen) atoms. The molecule has 0 N–H and O–H groups in total. The average Bonchev–Trinajstić information content (AvgIpc) is 3.12. The summed E-state index contributed by atoms with van der Waals surface area (Å²) in [5.41, 5.74) is 2.07. The zero-order chi connectivity index (χ0) is 21.8. The number of piperazine rings is 1. The lowest BCUT2D eigenvalue weighted by molar-refractivity contribution is -0.131. The van der Waals surface area contributed by atoms with Crippen LogP contribution in [0.2, 0.25) is 0 Å². The van der Waals surface area contributed by atoms with Crippen LogP contribution in [0.4, 0.5) is 0 Å². The Hall–Kier alpha value is -3.68. The van der Waals surface area contributed by atoms with Gasteiger partial charge in [0.15, 0.2) is 0 Å². The molecule has 1 aliphatic rings. The predicted octanol–water partition coefficient (Wildman–Crippen LogP) is 3.01. The molecule has 1 saturated heterocycles. The van der Waals surface area contributed by atoms with Crippen LogP contribution in [0.5, 0.6) is 11.5 Å². The first-order chi connectivity index (χ1) is 15.0. The van der Waals surface area contributed by atoms with E-state index < -0.39 is 0 Å². The molecule has 0 saturated carbocycles. The molecule has 0 aliphatic carbocycles. The van der Waals surface area contributed by atoms with E-state index in [0.717, 1.165) is 11.3 Å². The van der Waals surface area contributed by atoms with Crippen LogP contribution in [0.15, 0.2) is 53.3 Å². The summed E-state index contributed by atoms with van der Waals surface area (Å²) in [6.45, 7) is 5.55. The molecule has 0 radical (unpaired) electrons. The maximum atomic E-state index is 13.1. The van der Waals surface area contributed by atoms with Crippen LogP contribution in [0.25, 0.3) is 0 Å². The van der Waals surface area contributed by atoms with Crippen molar-refractivity contribution in [1.82, 2.24) is 19.9 Å². The molecule has 2 aromatic heterocycles. The minimum Gasteiger partial charge on any atom is -0.455 e. The number of benzene rings is 1. The molecule has 0 bridgehead atoms. The molecule has 8 nitrogen and oxygen atoms in total. The number of carbonyl (C=O) groups excluding carboxylic acids is 2. The molecule has 0 spiro atoms. The number of hydrogen-bond acceptors (Lipinski definition) is 6. The number of aromatic nitrogens is 2. The summed E-state index contributed by atoms with van der Waals surface area (Å²) in [4.78, 5) is 33.4. The van der Waals surface area contributed by atoms with E-state index in [1.54, 1.807) is 46.5 Å². The predicted molar refractivity (Wildman–Crippen MR) is 113 cm³/mol. The Morgan fingerprint density at radius 3 is 2.45 bits per heavy atom. The van der Waals surface area contributed by atoms with Gasteiger partial charge in [0.1, 0.15) is 17.3 Å². The number of rotatable bonds is 5. The van der Waals surface area contributed by atoms with Crippen LogP contribution >= 0.6 is 0 Å². The molecular formula is C23H24N4O4. The molecule has 0 unspecified atom stereocenters. The second-order valence-corrected chi connectivity index (χ2v) is 7.44. The normalized spacial score (nSPS) is 13.9. The lowest BCUT2D eigenvalue weighted by Crippen LogP contribution is -2.51. The fraction of sp³-hybridized carbons (Fsp3) is 0.304. The van der Waals surface area contributed by atoms with Gasteiger partial charge < -0.3 is 19.1 Å². The van der Waals surface area contributed by atoms with Gasteiger partial charge in [0.25, 0.3) is 5.91 Å². The third-order valence-electron chi connectivity index (χ3n) is 5.41. The maximum Gasteiger partial charge on any atom is 0.257 e. The Bertz CT molecular complexity index is 1050. The van der Waals surface area contributed by atoms with Crippen LogP contribution in [0.1, 0.15) is 27.4 Å². The molecule has 3 aromatic rings. The highest BCUT2D eigenvalue weighted by atomic mass is 16.5. The number of aryl methyl sites for hydroxylation is 2. The molecular weight excluding hydrogens is 396 g/mol. The standard InChI is InChI=1S/C23H24N4O4/c1-16-20(17(2)31-25-16)14-22(28)26-10-12-27(13-11-26)23(29)19-7-3-4-8-21(19)30-18-6-5-9-24-15-18/h3-9,15H,10-14H2,1-2H3. The third kappa shape index (κ3) is 4.58. The van der Waals surface area contributed by atoms with Gasteiger partial charge in [-0.2, -0.15) is 0 Å². The Balaban J connectivity index is 1.39. The zero-order valence-electron chi connectivity index (χ0n) is 17.6. The van der Waals surface area contributed by atoms with Gasteiger partial charge in [-0.15, -0.1) is 0 Å². The van der Waals surface area contributed by atoms with Crippen molar-refractivity contribution in [3.63, 3.8) is 0 Å². The molecule has 8 heteroatoms. The van der Waals surface area contributed by atoms with Crippen LogP contribution in [-0.4, -0.2) is 57.9 Å². The van der Waals surface area contributed by atoms with Crippen molar-refractivity contribution in [3.8, 4) is 11.5 Å². The second kappa shape index (κ2) is 8.99. The highest BCUT2D eigenvalue weighted by Gasteiger charge is 2.27. The Morgan fingerprint density at radius 2 is 1.77 bits per heavy atom. The second-order valence-electron chi connectivity index (χ2n) is 7.44. The SMILES string of the molecule is Cc1noc(C)c1CC(=O)N1CCN(C(=O)c2ccccc2Oc2cccnc2)CC1. The zero-order valence-corrected chi connectivity index (χ0v) is 17.6. The summed E-state index contributed by atoms with van der Waals surface area (Å²) in [6.07, 6.45) is 3.53. The summed E-state index contributed by atoms with van der Waals surface area (Å²) in [5, 5.41) is 3.91. The minimum atomic E-state index is -0.114. The Labute approximate surface area is 180 Å². The lowest BCUT2D eigenvalue weighted by atomic mass is 10.1. The first-order valence-corrected chi connectivity index (χ1v) is 10.2. The van der Waals surface area contributed by atoms with E-state index >= 15 is 0 Å². The highest BCUT2D eigenvalue weighted by molar-refractivity contribution is 5.97. The number of hydrogen-bond donors (Lipinski definition) is 0. The van der Waals surface area contributed by atoms with E-state index in [2.05, 4.69) is 10.1 Å². The molecule has 1 aromatic carbocycles. The van der Waals surface area contributed by atoms with E-state index in [4.69, 9.17) is 9.26 Å². The van der Waals surface area contributed by atoms with Crippen molar-refractivity contribution in [2.75, 3.05) is 26.2 Å². The quantitative estimate of drug-likeness (QED) is 0.630. The van der Waals surface area contributed by atoms with Crippen LogP contribution in [0, 0.1) is 13.8 Å². The van der Waals surface area contributed by atoms with E-state index in [0.29, 0.717) is 49.0 Å². The number of para-hydroxylation sites is 1. The summed E-state index contributed by atoms with van der Waals surface area (Å²) in [7, 11) is 0.